The molecule has 0 saturated carbocycles. The Kier molecular flexibility index (Phi) is 3.17. The van der Waals surface area contributed by atoms with Crippen LogP contribution < -0.4 is 4.74 Å². The van der Waals surface area contributed by atoms with E-state index in [4.69, 9.17) is 4.74 Å². The molecule has 0 unspecified atom stereocenters. The summed E-state index contributed by atoms with van der Waals surface area (Å²) in [6, 6.07) is 9.89. The van der Waals surface area contributed by atoms with Crippen molar-refractivity contribution in [3.8, 4) is 11.5 Å². The van der Waals surface area contributed by atoms with Gasteiger partial charge in [-0.3, -0.25) is 0 Å². The van der Waals surface area contributed by atoms with Gasteiger partial charge in [-0.05, 0) is 30.3 Å². The molecule has 1 N–H and O–H groups in total. The summed E-state index contributed by atoms with van der Waals surface area (Å²) in [6.45, 7) is -0.101. The van der Waals surface area contributed by atoms with Crippen LogP contribution in [0.5, 0.6) is 11.5 Å². The lowest BCUT2D eigenvalue weighted by Gasteiger charge is -2.08. The molecule has 0 bridgehead atoms. The topological polar surface area (TPSA) is 63.6 Å². The number of hydrogen-bond donors (Lipinski definition) is 1. The van der Waals surface area contributed by atoms with Crippen LogP contribution in [0.1, 0.15) is 5.56 Å². The number of rotatable bonds is 3. The number of aromatic hydroxyl groups is 1. The van der Waals surface area contributed by atoms with Crippen LogP contribution in [0.3, 0.4) is 0 Å². The van der Waals surface area contributed by atoms with Gasteiger partial charge in [0.05, 0.1) is 4.90 Å². The molecule has 0 spiro atoms. The molecule has 1 heterocycles. The number of para-hydroxylation sites is 1. The lowest BCUT2D eigenvalue weighted by atomic mass is 10.1. The highest BCUT2D eigenvalue weighted by Crippen LogP contribution is 2.35. The van der Waals surface area contributed by atoms with E-state index >= 15 is 0 Å². The number of ether oxygens (including phenoxy) is 1. The van der Waals surface area contributed by atoms with Gasteiger partial charge in [-0.25, -0.2) is 12.8 Å². The van der Waals surface area contributed by atoms with Gasteiger partial charge in [-0.2, -0.15) is 0 Å². The Morgan fingerprint density at radius 3 is 2.67 bits per heavy atom. The zero-order chi connectivity index (χ0) is 15.0. The molecule has 1 aliphatic heterocycles. The molecule has 0 saturated heterocycles. The monoisotopic (exact) mass is 306 g/mol. The summed E-state index contributed by atoms with van der Waals surface area (Å²) in [5, 5.41) is 10.6. The quantitative estimate of drug-likeness (QED) is 0.947. The molecule has 1 aliphatic rings. The molecule has 2 aromatic rings. The highest BCUT2D eigenvalue weighted by molar-refractivity contribution is 7.95. The number of halogens is 1. The maximum Gasteiger partial charge on any atom is 0.200 e. The van der Waals surface area contributed by atoms with Crippen LogP contribution in [0, 0.1) is 5.82 Å². The largest absolute Gasteiger partial charge is 0.508 e. The molecule has 0 fully saturated rings. The van der Waals surface area contributed by atoms with E-state index in [1.165, 1.54) is 36.4 Å². The molecule has 21 heavy (non-hydrogen) atoms. The molecule has 0 atom stereocenters. The summed E-state index contributed by atoms with van der Waals surface area (Å²) in [5.41, 5.74) is 0.760. The van der Waals surface area contributed by atoms with Crippen LogP contribution >= 0.6 is 0 Å². The van der Waals surface area contributed by atoms with Gasteiger partial charge in [0.15, 0.2) is 11.6 Å². The standard InChI is InChI=1S/C15H11FO4S/c16-13-3-1-2-4-14(13)20-8-10-9-21(18,19)15-6-5-11(17)7-12(10)15/h1-7,9,17H,8H2. The first-order valence-corrected chi connectivity index (χ1v) is 7.68. The number of sulfone groups is 1. The summed E-state index contributed by atoms with van der Waals surface area (Å²) >= 11 is 0. The van der Waals surface area contributed by atoms with Crippen molar-refractivity contribution in [2.75, 3.05) is 6.61 Å². The van der Waals surface area contributed by atoms with E-state index < -0.39 is 15.7 Å². The van der Waals surface area contributed by atoms with E-state index in [0.29, 0.717) is 11.1 Å². The molecule has 0 amide bonds. The Hall–Kier alpha value is -2.34. The second-order valence-electron chi connectivity index (χ2n) is 4.59. The first kappa shape index (κ1) is 13.6. The normalized spacial score (nSPS) is 15.4. The summed E-state index contributed by atoms with van der Waals surface area (Å²) < 4.78 is 42.7. The van der Waals surface area contributed by atoms with Gasteiger partial charge in [0.2, 0.25) is 9.84 Å². The van der Waals surface area contributed by atoms with Crippen molar-refractivity contribution in [1.82, 2.24) is 0 Å². The molecule has 0 aliphatic carbocycles. The summed E-state index contributed by atoms with van der Waals surface area (Å²) in [7, 11) is -3.53. The number of hydrogen-bond acceptors (Lipinski definition) is 4. The maximum absolute atomic E-state index is 13.5. The summed E-state index contributed by atoms with van der Waals surface area (Å²) in [4.78, 5) is 0.118. The van der Waals surface area contributed by atoms with Gasteiger partial charge >= 0.3 is 0 Å². The molecule has 3 rings (SSSR count). The van der Waals surface area contributed by atoms with E-state index in [1.807, 2.05) is 0 Å². The van der Waals surface area contributed by atoms with Crippen molar-refractivity contribution in [1.29, 1.82) is 0 Å². The summed E-state index contributed by atoms with van der Waals surface area (Å²) in [6.07, 6.45) is 0. The van der Waals surface area contributed by atoms with Crippen molar-refractivity contribution >= 4 is 15.4 Å². The number of fused-ring (bicyclic) bond motifs is 1. The van der Waals surface area contributed by atoms with Crippen molar-refractivity contribution in [2.45, 2.75) is 4.90 Å². The fraction of sp³-hybridized carbons (Fsp3) is 0.0667. The minimum absolute atomic E-state index is 0.0392. The lowest BCUT2D eigenvalue weighted by molar-refractivity contribution is 0.348. The summed E-state index contributed by atoms with van der Waals surface area (Å²) in [5.74, 6) is -0.512. The van der Waals surface area contributed by atoms with Gasteiger partial charge in [0.1, 0.15) is 12.4 Å². The third-order valence-corrected chi connectivity index (χ3v) is 4.70. The van der Waals surface area contributed by atoms with E-state index in [2.05, 4.69) is 0 Å². The van der Waals surface area contributed by atoms with Gasteiger partial charge in [0.25, 0.3) is 0 Å². The van der Waals surface area contributed by atoms with Crippen LogP contribution in [-0.2, 0) is 9.84 Å². The smallest absolute Gasteiger partial charge is 0.200 e. The first-order chi connectivity index (χ1) is 9.97. The second-order valence-corrected chi connectivity index (χ2v) is 6.35. The van der Waals surface area contributed by atoms with Gasteiger partial charge in [-0.1, -0.05) is 12.1 Å². The highest BCUT2D eigenvalue weighted by Gasteiger charge is 2.27. The highest BCUT2D eigenvalue weighted by atomic mass is 32.2. The Morgan fingerprint density at radius 1 is 1.14 bits per heavy atom. The number of phenols is 1. The molecule has 4 nitrogen and oxygen atoms in total. The van der Waals surface area contributed by atoms with Gasteiger partial charge in [-0.15, -0.1) is 0 Å². The molecular formula is C15H11FO4S. The molecule has 0 aromatic heterocycles. The van der Waals surface area contributed by atoms with Crippen LogP contribution in [0.2, 0.25) is 0 Å². The molecule has 2 aromatic carbocycles. The van der Waals surface area contributed by atoms with Crippen molar-refractivity contribution in [3.05, 3.63) is 59.3 Å². The second kappa shape index (κ2) is 4.89. The van der Waals surface area contributed by atoms with Crippen LogP contribution in [0.25, 0.3) is 5.57 Å². The fourth-order valence-corrected chi connectivity index (χ4v) is 3.61. The van der Waals surface area contributed by atoms with Gasteiger partial charge < -0.3 is 9.84 Å². The minimum atomic E-state index is -3.53. The molecule has 108 valence electrons. The van der Waals surface area contributed by atoms with E-state index in [0.717, 1.165) is 5.41 Å². The fourth-order valence-electron chi connectivity index (χ4n) is 2.16. The predicted octanol–water partition coefficient (Wildman–Crippen LogP) is 2.74. The Labute approximate surface area is 121 Å². The number of phenolic OH excluding ortho intramolecular Hbond substituents is 1. The SMILES string of the molecule is O=S1(=O)C=C(COc2ccccc2F)c2cc(O)ccc21. The zero-order valence-electron chi connectivity index (χ0n) is 10.8. The Bertz CT molecular complexity index is 841. The number of benzene rings is 2. The van der Waals surface area contributed by atoms with Crippen LogP contribution in [-0.4, -0.2) is 20.1 Å². The zero-order valence-corrected chi connectivity index (χ0v) is 11.6. The van der Waals surface area contributed by atoms with Crippen molar-refractivity contribution < 1.29 is 22.7 Å². The molecular weight excluding hydrogens is 295 g/mol. The molecule has 6 heteroatoms. The average Bonchev–Trinajstić information content (AvgIpc) is 2.69. The van der Waals surface area contributed by atoms with Gasteiger partial charge in [0, 0.05) is 16.5 Å². The maximum atomic E-state index is 13.5. The lowest BCUT2D eigenvalue weighted by Crippen LogP contribution is -2.01. The van der Waals surface area contributed by atoms with Crippen molar-refractivity contribution in [2.24, 2.45) is 0 Å². The first-order valence-electron chi connectivity index (χ1n) is 6.14. The average molecular weight is 306 g/mol. The Balaban J connectivity index is 1.91. The predicted molar refractivity (Wildman–Crippen MR) is 75.2 cm³/mol. The van der Waals surface area contributed by atoms with E-state index in [-0.39, 0.29) is 23.0 Å². The van der Waals surface area contributed by atoms with Crippen molar-refractivity contribution in [3.63, 3.8) is 0 Å². The van der Waals surface area contributed by atoms with Crippen LogP contribution in [0.15, 0.2) is 52.8 Å². The molecule has 0 radical (unpaired) electrons. The third kappa shape index (κ3) is 2.50. The van der Waals surface area contributed by atoms with E-state index in [9.17, 15) is 17.9 Å². The third-order valence-electron chi connectivity index (χ3n) is 3.13. The van der Waals surface area contributed by atoms with E-state index in [1.54, 1.807) is 6.07 Å². The Morgan fingerprint density at radius 2 is 1.90 bits per heavy atom. The minimum Gasteiger partial charge on any atom is -0.508 e. The van der Waals surface area contributed by atoms with Crippen LogP contribution in [0.4, 0.5) is 4.39 Å².